The van der Waals surface area contributed by atoms with E-state index in [0.29, 0.717) is 40.1 Å². The standard InChI is InChI=1S/C18H15N3O2S2/c1-2-8-21-17(22)16-15(7-10-24-16)20-18(21)25-11-9-23-14-5-3-13(12-19)4-6-14/h2-7,10H,1,8-9,11H2. The third kappa shape index (κ3) is 3.92. The highest BCUT2D eigenvalue weighted by Gasteiger charge is 2.11. The third-order valence-corrected chi connectivity index (χ3v) is 5.24. The average molecular weight is 369 g/mol. The van der Waals surface area contributed by atoms with Crippen molar-refractivity contribution in [3.63, 3.8) is 0 Å². The van der Waals surface area contributed by atoms with Gasteiger partial charge in [0, 0.05) is 12.3 Å². The molecule has 25 heavy (non-hydrogen) atoms. The first-order valence-corrected chi connectivity index (χ1v) is 9.44. The van der Waals surface area contributed by atoms with Crippen molar-refractivity contribution in [3.05, 3.63) is 64.3 Å². The van der Waals surface area contributed by atoms with Crippen molar-refractivity contribution in [2.45, 2.75) is 11.7 Å². The SMILES string of the molecule is C=CCn1c(SCCOc2ccc(C#N)cc2)nc2ccsc2c1=O. The van der Waals surface area contributed by atoms with Gasteiger partial charge in [0.05, 0.1) is 23.8 Å². The summed E-state index contributed by atoms with van der Waals surface area (Å²) in [5.41, 5.74) is 1.30. The normalized spacial score (nSPS) is 10.5. The molecule has 0 aliphatic carbocycles. The summed E-state index contributed by atoms with van der Waals surface area (Å²) in [6, 6.07) is 10.9. The molecule has 0 bridgehead atoms. The number of hydrogen-bond donors (Lipinski definition) is 0. The topological polar surface area (TPSA) is 67.9 Å². The number of nitrogens with zero attached hydrogens (tertiary/aromatic N) is 3. The van der Waals surface area contributed by atoms with E-state index in [0.717, 1.165) is 5.52 Å². The molecule has 0 atom stereocenters. The number of thiophene rings is 1. The number of benzene rings is 1. The summed E-state index contributed by atoms with van der Waals surface area (Å²) in [7, 11) is 0. The van der Waals surface area contributed by atoms with Crippen molar-refractivity contribution < 1.29 is 4.74 Å². The van der Waals surface area contributed by atoms with Crippen LogP contribution in [0.3, 0.4) is 0 Å². The molecule has 3 rings (SSSR count). The van der Waals surface area contributed by atoms with Gasteiger partial charge in [-0.25, -0.2) is 4.98 Å². The monoisotopic (exact) mass is 369 g/mol. The van der Waals surface area contributed by atoms with Crippen LogP contribution in [-0.2, 0) is 6.54 Å². The molecule has 0 amide bonds. The first-order valence-electron chi connectivity index (χ1n) is 7.57. The highest BCUT2D eigenvalue weighted by Crippen LogP contribution is 2.21. The first-order chi connectivity index (χ1) is 12.2. The molecule has 3 aromatic rings. The van der Waals surface area contributed by atoms with Gasteiger partial charge in [-0.15, -0.1) is 17.9 Å². The fourth-order valence-corrected chi connectivity index (χ4v) is 3.85. The Morgan fingerprint density at radius 1 is 1.36 bits per heavy atom. The number of thioether (sulfide) groups is 1. The predicted octanol–water partition coefficient (Wildman–Crippen LogP) is 3.69. The minimum absolute atomic E-state index is 0.0320. The highest BCUT2D eigenvalue weighted by atomic mass is 32.2. The van der Waals surface area contributed by atoms with Crippen LogP contribution in [-0.4, -0.2) is 21.9 Å². The maximum absolute atomic E-state index is 12.5. The van der Waals surface area contributed by atoms with E-state index in [1.807, 2.05) is 11.4 Å². The molecule has 0 saturated carbocycles. The summed E-state index contributed by atoms with van der Waals surface area (Å²) in [6.07, 6.45) is 1.69. The smallest absolute Gasteiger partial charge is 0.272 e. The minimum Gasteiger partial charge on any atom is -0.493 e. The van der Waals surface area contributed by atoms with E-state index in [2.05, 4.69) is 17.6 Å². The number of rotatable bonds is 7. The maximum Gasteiger partial charge on any atom is 0.272 e. The van der Waals surface area contributed by atoms with Crippen molar-refractivity contribution in [1.29, 1.82) is 5.26 Å². The summed E-state index contributed by atoms with van der Waals surface area (Å²) < 4.78 is 7.97. The second-order valence-corrected chi connectivity index (χ2v) is 7.05. The van der Waals surface area contributed by atoms with Crippen molar-refractivity contribution in [1.82, 2.24) is 9.55 Å². The van der Waals surface area contributed by atoms with Crippen LogP contribution < -0.4 is 10.3 Å². The molecule has 0 saturated heterocycles. The van der Waals surface area contributed by atoms with Crippen molar-refractivity contribution in [2.24, 2.45) is 0 Å². The van der Waals surface area contributed by atoms with Crippen LogP contribution in [0.4, 0.5) is 0 Å². The number of hydrogen-bond acceptors (Lipinski definition) is 6. The van der Waals surface area contributed by atoms with Gasteiger partial charge in [-0.1, -0.05) is 17.8 Å². The second kappa shape index (κ2) is 8.01. The lowest BCUT2D eigenvalue weighted by Crippen LogP contribution is -2.22. The van der Waals surface area contributed by atoms with E-state index < -0.39 is 0 Å². The van der Waals surface area contributed by atoms with Crippen molar-refractivity contribution >= 4 is 33.3 Å². The molecule has 0 fully saturated rings. The van der Waals surface area contributed by atoms with Gasteiger partial charge >= 0.3 is 0 Å². The van der Waals surface area contributed by atoms with Gasteiger partial charge in [-0.2, -0.15) is 5.26 Å². The zero-order valence-electron chi connectivity index (χ0n) is 13.3. The first kappa shape index (κ1) is 17.3. The number of nitriles is 1. The Hall–Kier alpha value is -2.56. The molecule has 0 unspecified atom stereocenters. The largest absolute Gasteiger partial charge is 0.493 e. The fraction of sp³-hybridized carbons (Fsp3) is 0.167. The number of allylic oxidation sites excluding steroid dienone is 1. The molecule has 0 radical (unpaired) electrons. The third-order valence-electron chi connectivity index (χ3n) is 3.41. The summed E-state index contributed by atoms with van der Waals surface area (Å²) in [6.45, 7) is 4.62. The second-order valence-electron chi connectivity index (χ2n) is 5.07. The molecule has 7 heteroatoms. The Labute approximate surface area is 153 Å². The van der Waals surface area contributed by atoms with Gasteiger partial charge in [0.2, 0.25) is 0 Å². The zero-order valence-corrected chi connectivity index (χ0v) is 15.0. The maximum atomic E-state index is 12.5. The minimum atomic E-state index is -0.0320. The van der Waals surface area contributed by atoms with Crippen LogP contribution in [0.25, 0.3) is 10.2 Å². The van der Waals surface area contributed by atoms with Crippen LogP contribution in [0, 0.1) is 11.3 Å². The Bertz CT molecular complexity index is 984. The van der Waals surface area contributed by atoms with Crippen LogP contribution in [0.2, 0.25) is 0 Å². The molecular formula is C18H15N3O2S2. The Kier molecular flexibility index (Phi) is 5.53. The predicted molar refractivity (Wildman–Crippen MR) is 101 cm³/mol. The quantitative estimate of drug-likeness (QED) is 0.275. The summed E-state index contributed by atoms with van der Waals surface area (Å²) >= 11 is 2.88. The molecule has 126 valence electrons. The molecule has 2 heterocycles. The molecule has 5 nitrogen and oxygen atoms in total. The van der Waals surface area contributed by atoms with E-state index in [1.54, 1.807) is 34.9 Å². The number of ether oxygens (including phenoxy) is 1. The molecule has 2 aromatic heterocycles. The molecule has 0 aliphatic heterocycles. The Morgan fingerprint density at radius 2 is 2.16 bits per heavy atom. The Balaban J connectivity index is 1.67. The fourth-order valence-electron chi connectivity index (χ4n) is 2.24. The summed E-state index contributed by atoms with van der Waals surface area (Å²) in [5.74, 6) is 1.36. The van der Waals surface area contributed by atoms with E-state index in [9.17, 15) is 4.79 Å². The zero-order chi connectivity index (χ0) is 17.6. The van der Waals surface area contributed by atoms with Gasteiger partial charge in [-0.3, -0.25) is 9.36 Å². The van der Waals surface area contributed by atoms with Gasteiger partial charge < -0.3 is 4.74 Å². The lowest BCUT2D eigenvalue weighted by molar-refractivity contribution is 0.344. The van der Waals surface area contributed by atoms with Crippen LogP contribution in [0.15, 0.2) is 58.3 Å². The van der Waals surface area contributed by atoms with E-state index in [-0.39, 0.29) is 5.56 Å². The Morgan fingerprint density at radius 3 is 2.88 bits per heavy atom. The molecule has 0 aliphatic rings. The van der Waals surface area contributed by atoms with Crippen LogP contribution >= 0.6 is 23.1 Å². The van der Waals surface area contributed by atoms with Gasteiger partial charge in [0.25, 0.3) is 5.56 Å². The van der Waals surface area contributed by atoms with Crippen LogP contribution in [0.5, 0.6) is 5.75 Å². The molecular weight excluding hydrogens is 354 g/mol. The van der Waals surface area contributed by atoms with Crippen molar-refractivity contribution in [3.8, 4) is 11.8 Å². The van der Waals surface area contributed by atoms with Gasteiger partial charge in [0.1, 0.15) is 10.4 Å². The average Bonchev–Trinajstić information content (AvgIpc) is 3.11. The van der Waals surface area contributed by atoms with Gasteiger partial charge in [0.15, 0.2) is 5.16 Å². The van der Waals surface area contributed by atoms with E-state index in [1.165, 1.54) is 23.1 Å². The molecule has 1 aromatic carbocycles. The lowest BCUT2D eigenvalue weighted by atomic mass is 10.2. The molecule has 0 spiro atoms. The van der Waals surface area contributed by atoms with E-state index >= 15 is 0 Å². The highest BCUT2D eigenvalue weighted by molar-refractivity contribution is 7.99. The van der Waals surface area contributed by atoms with Crippen molar-refractivity contribution in [2.75, 3.05) is 12.4 Å². The summed E-state index contributed by atoms with van der Waals surface area (Å²) in [5, 5.41) is 11.3. The summed E-state index contributed by atoms with van der Waals surface area (Å²) in [4.78, 5) is 17.1. The van der Waals surface area contributed by atoms with Gasteiger partial charge in [-0.05, 0) is 35.7 Å². The van der Waals surface area contributed by atoms with E-state index in [4.69, 9.17) is 10.00 Å². The number of aromatic nitrogens is 2. The molecule has 0 N–H and O–H groups in total. The lowest BCUT2D eigenvalue weighted by Gasteiger charge is -2.10. The van der Waals surface area contributed by atoms with Crippen LogP contribution in [0.1, 0.15) is 5.56 Å². The number of fused-ring (bicyclic) bond motifs is 1.